The van der Waals surface area contributed by atoms with Crippen LogP contribution in [-0.4, -0.2) is 87.1 Å². The van der Waals surface area contributed by atoms with E-state index in [9.17, 15) is 19.5 Å². The summed E-state index contributed by atoms with van der Waals surface area (Å²) in [5, 5.41) is 10.8. The van der Waals surface area contributed by atoms with Crippen LogP contribution in [0, 0.1) is 11.8 Å². The van der Waals surface area contributed by atoms with E-state index < -0.39 is 35.6 Å². The van der Waals surface area contributed by atoms with Gasteiger partial charge in [-0.25, -0.2) is 0 Å². The second-order valence-corrected chi connectivity index (χ2v) is 12.9. The Kier molecular flexibility index (Phi) is 7.89. The van der Waals surface area contributed by atoms with Gasteiger partial charge in [-0.3, -0.25) is 14.4 Å². The Morgan fingerprint density at radius 1 is 0.841 bits per heavy atom. The van der Waals surface area contributed by atoms with Gasteiger partial charge in [0.05, 0.1) is 30.6 Å². The van der Waals surface area contributed by atoms with Gasteiger partial charge in [-0.2, -0.15) is 0 Å². The maximum Gasteiger partial charge on any atom is 0.249 e. The minimum absolute atomic E-state index is 0.100. The van der Waals surface area contributed by atoms with E-state index in [1.165, 1.54) is 6.42 Å². The second-order valence-electron chi connectivity index (χ2n) is 12.9. The van der Waals surface area contributed by atoms with E-state index in [1.807, 2.05) is 89.9 Å². The number of fused-ring (bicyclic) bond motifs is 2. The van der Waals surface area contributed by atoms with Crippen molar-refractivity contribution < 1.29 is 24.2 Å². The number of hydrogen-bond donors (Lipinski definition) is 1. The second kappa shape index (κ2) is 12.0. The van der Waals surface area contributed by atoms with Crippen LogP contribution in [0.4, 0.5) is 0 Å². The number of carbonyl (C=O) groups excluding carboxylic acids is 3. The Hall–Kier alpha value is -3.75. The third-order valence-corrected chi connectivity index (χ3v) is 10.4. The number of benzene rings is 2. The lowest BCUT2D eigenvalue weighted by Crippen LogP contribution is -2.60. The molecular weight excluding hydrogens is 554 g/mol. The van der Waals surface area contributed by atoms with E-state index >= 15 is 0 Å². The van der Waals surface area contributed by atoms with Gasteiger partial charge in [0.2, 0.25) is 17.7 Å². The summed E-state index contributed by atoms with van der Waals surface area (Å²) in [5.41, 5.74) is 0.675. The van der Waals surface area contributed by atoms with Crippen LogP contribution in [0.3, 0.4) is 0 Å². The molecule has 7 rings (SSSR count). The summed E-state index contributed by atoms with van der Waals surface area (Å²) < 4.78 is 6.85. The summed E-state index contributed by atoms with van der Waals surface area (Å²) in [6, 6.07) is 18.1. The van der Waals surface area contributed by atoms with Gasteiger partial charge >= 0.3 is 0 Å². The van der Waals surface area contributed by atoms with Gasteiger partial charge < -0.3 is 24.5 Å². The molecule has 44 heavy (non-hydrogen) atoms. The maximum atomic E-state index is 14.8. The molecule has 1 aliphatic carbocycles. The Balaban J connectivity index is 1.29. The standard InChI is InChI=1S/C36H41N3O5/c40-24-28(22-25-12-4-1-5-13-25)39-32-35(43)38(27-16-8-3-9-17-27)21-11-19-36(32)31(34(39)42)30-29(44-36)18-10-20-37(33(30)41)23-26-14-6-2-7-15-26/h1-2,4-7,10-15,18-19,27-32,40H,3,8-9,16-17,20-24H2/t28-,29-,30+,31+,32?,36+/m1/s1. The number of aliphatic hydroxyl groups is 1. The molecule has 6 atom stereocenters. The molecule has 1 spiro atoms. The van der Waals surface area contributed by atoms with Crippen molar-refractivity contribution in [3.8, 4) is 0 Å². The highest BCUT2D eigenvalue weighted by molar-refractivity contribution is 6.00. The highest BCUT2D eigenvalue weighted by Crippen LogP contribution is 2.54. The topological polar surface area (TPSA) is 90.4 Å². The number of aliphatic hydroxyl groups excluding tert-OH is 1. The van der Waals surface area contributed by atoms with Gasteiger partial charge in [0.15, 0.2) is 0 Å². The highest BCUT2D eigenvalue weighted by Gasteiger charge is 2.72. The van der Waals surface area contributed by atoms with Crippen molar-refractivity contribution in [3.63, 3.8) is 0 Å². The van der Waals surface area contributed by atoms with E-state index in [2.05, 4.69) is 0 Å². The number of hydrogen-bond acceptors (Lipinski definition) is 5. The molecule has 2 aromatic carbocycles. The van der Waals surface area contributed by atoms with Crippen molar-refractivity contribution in [2.75, 3.05) is 19.7 Å². The first kappa shape index (κ1) is 29.0. The number of rotatable bonds is 7. The highest BCUT2D eigenvalue weighted by atomic mass is 16.5. The summed E-state index contributed by atoms with van der Waals surface area (Å²) in [6.07, 6.45) is 12.7. The van der Waals surface area contributed by atoms with E-state index in [0.29, 0.717) is 26.1 Å². The molecule has 0 radical (unpaired) electrons. The SMILES string of the molecule is O=C1[C@@H]2[C@H]3C(=O)N([C@@H](CO)Cc4ccccc4)C4C(=O)N(C5CCCCC5)CC=C[C@@]43O[C@@H]2C=CCN1Cc1ccccc1. The van der Waals surface area contributed by atoms with Crippen LogP contribution in [-0.2, 0) is 32.1 Å². The molecule has 230 valence electrons. The average molecular weight is 596 g/mol. The Morgan fingerprint density at radius 2 is 1.55 bits per heavy atom. The lowest BCUT2D eigenvalue weighted by Gasteiger charge is -2.41. The third kappa shape index (κ3) is 4.88. The fraction of sp³-hybridized carbons (Fsp3) is 0.472. The predicted octanol–water partition coefficient (Wildman–Crippen LogP) is 3.50. The first-order valence-corrected chi connectivity index (χ1v) is 16.1. The van der Waals surface area contributed by atoms with Crippen molar-refractivity contribution in [2.45, 2.75) is 74.9 Å². The molecule has 2 aromatic rings. The molecule has 5 aliphatic rings. The number of amides is 3. The monoisotopic (exact) mass is 595 g/mol. The summed E-state index contributed by atoms with van der Waals surface area (Å²) in [6.45, 7) is 0.985. The summed E-state index contributed by atoms with van der Waals surface area (Å²) >= 11 is 0. The van der Waals surface area contributed by atoms with Crippen LogP contribution in [0.15, 0.2) is 85.0 Å². The molecule has 8 nitrogen and oxygen atoms in total. The van der Waals surface area contributed by atoms with E-state index in [4.69, 9.17) is 4.74 Å². The molecule has 3 fully saturated rings. The Labute approximate surface area is 259 Å². The van der Waals surface area contributed by atoms with E-state index in [-0.39, 0.29) is 30.4 Å². The Bertz CT molecular complexity index is 1440. The molecule has 4 aliphatic heterocycles. The van der Waals surface area contributed by atoms with Gasteiger partial charge in [-0.15, -0.1) is 0 Å². The summed E-state index contributed by atoms with van der Waals surface area (Å²) in [7, 11) is 0. The molecule has 1 unspecified atom stereocenters. The molecule has 0 aromatic heterocycles. The third-order valence-electron chi connectivity index (χ3n) is 10.4. The predicted molar refractivity (Wildman–Crippen MR) is 165 cm³/mol. The fourth-order valence-electron chi connectivity index (χ4n) is 8.34. The lowest BCUT2D eigenvalue weighted by atomic mass is 9.77. The van der Waals surface area contributed by atoms with Crippen molar-refractivity contribution in [3.05, 3.63) is 96.1 Å². The zero-order chi connectivity index (χ0) is 30.3. The Morgan fingerprint density at radius 3 is 2.25 bits per heavy atom. The van der Waals surface area contributed by atoms with Crippen molar-refractivity contribution in [1.29, 1.82) is 0 Å². The van der Waals surface area contributed by atoms with Crippen LogP contribution in [0.1, 0.15) is 43.2 Å². The van der Waals surface area contributed by atoms with Gasteiger partial charge in [0.25, 0.3) is 0 Å². The number of nitrogens with zero attached hydrogens (tertiary/aromatic N) is 3. The zero-order valence-electron chi connectivity index (χ0n) is 25.0. The summed E-state index contributed by atoms with van der Waals surface area (Å²) in [5.74, 6) is -2.21. The molecule has 1 N–H and O–H groups in total. The number of carbonyl (C=O) groups is 3. The average Bonchev–Trinajstić information content (AvgIpc) is 3.38. The van der Waals surface area contributed by atoms with Crippen molar-refractivity contribution in [2.24, 2.45) is 11.8 Å². The minimum Gasteiger partial charge on any atom is -0.394 e. The lowest BCUT2D eigenvalue weighted by molar-refractivity contribution is -0.153. The molecule has 0 bridgehead atoms. The maximum absolute atomic E-state index is 14.8. The number of likely N-dealkylation sites (tertiary alicyclic amines) is 1. The van der Waals surface area contributed by atoms with Crippen LogP contribution in [0.25, 0.3) is 0 Å². The van der Waals surface area contributed by atoms with Gasteiger partial charge in [-0.1, -0.05) is 104 Å². The molecule has 8 heteroatoms. The van der Waals surface area contributed by atoms with Crippen molar-refractivity contribution in [1.82, 2.24) is 14.7 Å². The van der Waals surface area contributed by atoms with Gasteiger partial charge in [0, 0.05) is 25.7 Å². The van der Waals surface area contributed by atoms with Crippen LogP contribution in [0.5, 0.6) is 0 Å². The van der Waals surface area contributed by atoms with Gasteiger partial charge in [0.1, 0.15) is 11.6 Å². The molecule has 1 saturated carbocycles. The molecule has 2 saturated heterocycles. The quantitative estimate of drug-likeness (QED) is 0.495. The first-order chi connectivity index (χ1) is 21.5. The van der Waals surface area contributed by atoms with E-state index in [1.54, 1.807) is 9.80 Å². The van der Waals surface area contributed by atoms with Crippen molar-refractivity contribution >= 4 is 17.7 Å². The first-order valence-electron chi connectivity index (χ1n) is 16.1. The fourth-order valence-corrected chi connectivity index (χ4v) is 8.34. The van der Waals surface area contributed by atoms with Gasteiger partial charge in [-0.05, 0) is 30.4 Å². The molecule has 4 heterocycles. The van der Waals surface area contributed by atoms with E-state index in [0.717, 1.165) is 36.8 Å². The summed E-state index contributed by atoms with van der Waals surface area (Å²) in [4.78, 5) is 49.3. The minimum atomic E-state index is -1.30. The molecule has 3 amide bonds. The zero-order valence-corrected chi connectivity index (χ0v) is 25.0. The largest absolute Gasteiger partial charge is 0.394 e. The molecular formula is C36H41N3O5. The van der Waals surface area contributed by atoms with Crippen LogP contribution >= 0.6 is 0 Å². The number of ether oxygens (including phenoxy) is 1. The van der Waals surface area contributed by atoms with Crippen LogP contribution in [0.2, 0.25) is 0 Å². The van der Waals surface area contributed by atoms with Crippen LogP contribution < -0.4 is 0 Å². The normalized spacial score (nSPS) is 31.0. The smallest absolute Gasteiger partial charge is 0.249 e.